The maximum Gasteiger partial charge on any atom is 0.337 e. The van der Waals surface area contributed by atoms with E-state index in [9.17, 15) is 9.59 Å². The molecule has 0 fully saturated rings. The number of rotatable bonds is 8. The molecule has 0 aliphatic heterocycles. The second-order valence-electron chi connectivity index (χ2n) is 6.61. The first kappa shape index (κ1) is 22.4. The molecule has 32 heavy (non-hydrogen) atoms. The molecule has 9 heteroatoms. The Labute approximate surface area is 185 Å². The quantitative estimate of drug-likeness (QED) is 0.515. The highest BCUT2D eigenvalue weighted by Crippen LogP contribution is 2.28. The normalized spacial score (nSPS) is 10.2. The highest BCUT2D eigenvalue weighted by atomic mass is 16.5. The first-order chi connectivity index (χ1) is 15.4. The number of ether oxygens (including phenoxy) is 4. The monoisotopic (exact) mass is 437 g/mol. The Bertz CT molecular complexity index is 1130. The highest BCUT2D eigenvalue weighted by molar-refractivity contribution is 6.05. The minimum atomic E-state index is -0.547. The zero-order valence-corrected chi connectivity index (χ0v) is 17.9. The number of hydrogen-bond donors (Lipinski definition) is 2. The maximum atomic E-state index is 12.8. The number of carbonyl (C=O) groups excluding carboxylic acids is 2. The molecule has 1 amide bonds. The van der Waals surface area contributed by atoms with Gasteiger partial charge in [-0.25, -0.2) is 9.78 Å². The fourth-order valence-electron chi connectivity index (χ4n) is 2.95. The number of nitrogens with zero attached hydrogens (tertiary/aromatic N) is 1. The van der Waals surface area contributed by atoms with Crippen molar-refractivity contribution in [3.8, 4) is 17.2 Å². The van der Waals surface area contributed by atoms with Gasteiger partial charge in [0.15, 0.2) is 23.1 Å². The van der Waals surface area contributed by atoms with E-state index in [2.05, 4.69) is 10.3 Å². The van der Waals surface area contributed by atoms with E-state index in [4.69, 9.17) is 24.7 Å². The average Bonchev–Trinajstić information content (AvgIpc) is 2.82. The Hall–Kier alpha value is -4.27. The van der Waals surface area contributed by atoms with Gasteiger partial charge in [0.2, 0.25) is 0 Å². The Morgan fingerprint density at radius 3 is 2.41 bits per heavy atom. The smallest absolute Gasteiger partial charge is 0.337 e. The van der Waals surface area contributed by atoms with Crippen LogP contribution in [-0.2, 0) is 11.3 Å². The molecular formula is C23H23N3O6. The van der Waals surface area contributed by atoms with Gasteiger partial charge in [-0.2, -0.15) is 0 Å². The standard InChI is InChI=1S/C23H23N3O6/c1-29-18-7-6-15(12-20(18)30-2)22(27)26-17-10-14(9-16(11-17)23(28)31-3)13-32-19-5-4-8-25-21(19)24/h4-12H,13H2,1-3H3,(H2,24,25)(H,26,27). The molecule has 1 aromatic heterocycles. The summed E-state index contributed by atoms with van der Waals surface area (Å²) in [5.41, 5.74) is 7.43. The third-order valence-corrected chi connectivity index (χ3v) is 4.51. The number of nitrogen functional groups attached to an aromatic ring is 1. The van der Waals surface area contributed by atoms with Crippen LogP contribution < -0.4 is 25.3 Å². The number of nitrogens with two attached hydrogens (primary N) is 1. The van der Waals surface area contributed by atoms with Crippen molar-refractivity contribution in [3.63, 3.8) is 0 Å². The van der Waals surface area contributed by atoms with Crippen molar-refractivity contribution in [1.29, 1.82) is 0 Å². The average molecular weight is 437 g/mol. The molecule has 0 atom stereocenters. The molecular weight excluding hydrogens is 414 g/mol. The summed E-state index contributed by atoms with van der Waals surface area (Å²) in [6.45, 7) is 0.0972. The molecule has 1 heterocycles. The Morgan fingerprint density at radius 2 is 1.72 bits per heavy atom. The lowest BCUT2D eigenvalue weighted by atomic mass is 10.1. The molecule has 166 valence electrons. The number of nitrogens with one attached hydrogen (secondary N) is 1. The van der Waals surface area contributed by atoms with Crippen molar-refractivity contribution >= 4 is 23.4 Å². The summed E-state index contributed by atoms with van der Waals surface area (Å²) in [5, 5.41) is 2.78. The molecule has 3 rings (SSSR count). The number of carbonyl (C=O) groups is 2. The van der Waals surface area contributed by atoms with Crippen LogP contribution in [0, 0.1) is 0 Å². The molecule has 0 saturated carbocycles. The molecule has 0 spiro atoms. The molecule has 0 aliphatic rings. The number of hydrogen-bond acceptors (Lipinski definition) is 8. The Morgan fingerprint density at radius 1 is 0.938 bits per heavy atom. The summed E-state index contributed by atoms with van der Waals surface area (Å²) in [6.07, 6.45) is 1.56. The van der Waals surface area contributed by atoms with Crippen LogP contribution in [0.25, 0.3) is 0 Å². The van der Waals surface area contributed by atoms with Crippen molar-refractivity contribution < 1.29 is 28.5 Å². The van der Waals surface area contributed by atoms with Crippen molar-refractivity contribution in [3.05, 3.63) is 71.4 Å². The summed E-state index contributed by atoms with van der Waals surface area (Å²) in [7, 11) is 4.28. The predicted molar refractivity (Wildman–Crippen MR) is 118 cm³/mol. The van der Waals surface area contributed by atoms with E-state index in [0.29, 0.717) is 34.1 Å². The van der Waals surface area contributed by atoms with Gasteiger partial charge in [0.05, 0.1) is 26.9 Å². The van der Waals surface area contributed by atoms with Crippen LogP contribution >= 0.6 is 0 Å². The van der Waals surface area contributed by atoms with Gasteiger partial charge in [-0.05, 0) is 54.1 Å². The summed E-state index contributed by atoms with van der Waals surface area (Å²) < 4.78 is 21.0. The van der Waals surface area contributed by atoms with E-state index in [1.807, 2.05) is 0 Å². The summed E-state index contributed by atoms with van der Waals surface area (Å²) >= 11 is 0. The molecule has 0 radical (unpaired) electrons. The highest BCUT2D eigenvalue weighted by Gasteiger charge is 2.14. The Kier molecular flexibility index (Phi) is 7.12. The zero-order chi connectivity index (χ0) is 23.1. The van der Waals surface area contributed by atoms with Crippen molar-refractivity contribution in [2.24, 2.45) is 0 Å². The van der Waals surface area contributed by atoms with E-state index >= 15 is 0 Å². The second kappa shape index (κ2) is 10.2. The van der Waals surface area contributed by atoms with E-state index in [1.54, 1.807) is 48.7 Å². The molecule has 9 nitrogen and oxygen atoms in total. The van der Waals surface area contributed by atoms with Gasteiger partial charge < -0.3 is 30.0 Å². The van der Waals surface area contributed by atoms with Crippen molar-refractivity contribution in [2.75, 3.05) is 32.4 Å². The molecule has 0 aliphatic carbocycles. The number of pyridine rings is 1. The van der Waals surface area contributed by atoms with E-state index in [1.165, 1.54) is 27.4 Å². The lowest BCUT2D eigenvalue weighted by molar-refractivity contribution is 0.0600. The van der Waals surface area contributed by atoms with E-state index in [-0.39, 0.29) is 18.0 Å². The Balaban J connectivity index is 1.85. The number of anilines is 2. The third kappa shape index (κ3) is 5.25. The minimum Gasteiger partial charge on any atom is -0.493 e. The van der Waals surface area contributed by atoms with E-state index < -0.39 is 11.9 Å². The molecule has 0 unspecified atom stereocenters. The minimum absolute atomic E-state index is 0.0972. The predicted octanol–water partition coefficient (Wildman–Crippen LogP) is 3.30. The topological polar surface area (TPSA) is 122 Å². The van der Waals surface area contributed by atoms with Gasteiger partial charge in [0.25, 0.3) is 5.91 Å². The molecule has 0 bridgehead atoms. The van der Waals surface area contributed by atoms with Gasteiger partial charge in [-0.3, -0.25) is 4.79 Å². The van der Waals surface area contributed by atoms with Crippen LogP contribution in [0.3, 0.4) is 0 Å². The summed E-state index contributed by atoms with van der Waals surface area (Å²) in [6, 6.07) is 13.0. The molecule has 2 aromatic carbocycles. The van der Waals surface area contributed by atoms with Gasteiger partial charge in [0.1, 0.15) is 6.61 Å². The number of benzene rings is 2. The van der Waals surface area contributed by atoms with Gasteiger partial charge in [-0.15, -0.1) is 0 Å². The van der Waals surface area contributed by atoms with Gasteiger partial charge in [-0.1, -0.05) is 0 Å². The van der Waals surface area contributed by atoms with Crippen molar-refractivity contribution in [2.45, 2.75) is 6.61 Å². The number of esters is 1. The van der Waals surface area contributed by atoms with Crippen molar-refractivity contribution in [1.82, 2.24) is 4.98 Å². The van der Waals surface area contributed by atoms with Crippen LogP contribution in [0.15, 0.2) is 54.7 Å². The van der Waals surface area contributed by atoms with Crippen LogP contribution in [-0.4, -0.2) is 38.2 Å². The lowest BCUT2D eigenvalue weighted by Gasteiger charge is -2.13. The fourth-order valence-corrected chi connectivity index (χ4v) is 2.95. The van der Waals surface area contributed by atoms with Crippen LogP contribution in [0.4, 0.5) is 11.5 Å². The molecule has 3 N–H and O–H groups in total. The molecule has 0 saturated heterocycles. The van der Waals surface area contributed by atoms with Crippen LogP contribution in [0.2, 0.25) is 0 Å². The fraction of sp³-hybridized carbons (Fsp3) is 0.174. The first-order valence-corrected chi connectivity index (χ1v) is 9.54. The van der Waals surface area contributed by atoms with Crippen LogP contribution in [0.1, 0.15) is 26.3 Å². The molecule has 3 aromatic rings. The zero-order valence-electron chi connectivity index (χ0n) is 17.9. The number of methoxy groups -OCH3 is 3. The largest absolute Gasteiger partial charge is 0.493 e. The SMILES string of the molecule is COC(=O)c1cc(COc2cccnc2N)cc(NC(=O)c2ccc(OC)c(OC)c2)c1. The lowest BCUT2D eigenvalue weighted by Crippen LogP contribution is -2.14. The first-order valence-electron chi connectivity index (χ1n) is 9.54. The number of amides is 1. The number of aromatic nitrogens is 1. The second-order valence-corrected chi connectivity index (χ2v) is 6.61. The van der Waals surface area contributed by atoms with Crippen LogP contribution in [0.5, 0.6) is 17.2 Å². The maximum absolute atomic E-state index is 12.8. The summed E-state index contributed by atoms with van der Waals surface area (Å²) in [4.78, 5) is 28.9. The third-order valence-electron chi connectivity index (χ3n) is 4.51. The summed E-state index contributed by atoms with van der Waals surface area (Å²) in [5.74, 6) is 0.647. The van der Waals surface area contributed by atoms with E-state index in [0.717, 1.165) is 0 Å². The van der Waals surface area contributed by atoms with Gasteiger partial charge in [0, 0.05) is 17.4 Å². The van der Waals surface area contributed by atoms with Gasteiger partial charge >= 0.3 is 5.97 Å².